The van der Waals surface area contributed by atoms with Gasteiger partial charge in [0.2, 0.25) is 0 Å². The monoisotopic (exact) mass is 368 g/mol. The molecule has 1 N–H and O–H groups in total. The lowest BCUT2D eigenvalue weighted by Gasteiger charge is -2.37. The summed E-state index contributed by atoms with van der Waals surface area (Å²) < 4.78 is 2.08. The zero-order valence-corrected chi connectivity index (χ0v) is 16.9. The van der Waals surface area contributed by atoms with E-state index in [1.54, 1.807) is 0 Å². The highest BCUT2D eigenvalue weighted by Gasteiger charge is 2.19. The number of benzene rings is 1. The van der Waals surface area contributed by atoms with Crippen molar-refractivity contribution in [3.05, 3.63) is 47.8 Å². The zero-order chi connectivity index (χ0) is 19.1. The van der Waals surface area contributed by atoms with Crippen LogP contribution in [0.2, 0.25) is 0 Å². The van der Waals surface area contributed by atoms with Crippen LogP contribution in [-0.2, 0) is 6.54 Å². The van der Waals surface area contributed by atoms with E-state index in [1.807, 2.05) is 6.92 Å². The largest absolute Gasteiger partial charge is 0.368 e. The zero-order valence-electron chi connectivity index (χ0n) is 16.9. The summed E-state index contributed by atoms with van der Waals surface area (Å²) in [6.45, 7) is 13.0. The number of anilines is 1. The van der Waals surface area contributed by atoms with Crippen LogP contribution in [-0.4, -0.2) is 59.9 Å². The molecule has 2 heterocycles. The Hall–Kier alpha value is -2.50. The quantitative estimate of drug-likeness (QED) is 0.484. The maximum absolute atomic E-state index is 4.86. The van der Waals surface area contributed by atoms with Crippen molar-refractivity contribution >= 4 is 11.6 Å². The highest BCUT2D eigenvalue weighted by atomic mass is 15.3. The Balaban J connectivity index is 1.51. The Kier molecular flexibility index (Phi) is 6.74. The van der Waals surface area contributed by atoms with Gasteiger partial charge >= 0.3 is 0 Å². The summed E-state index contributed by atoms with van der Waals surface area (Å²) in [4.78, 5) is 9.69. The molecule has 1 saturated heterocycles. The standard InChI is InChI=1S/C21H32N6/c1-4-22-21(23-11-8-12-27-19(3)17-18(2)24-27)26-15-13-25(14-16-26)20-9-6-5-7-10-20/h5-7,9-10,17H,4,8,11-16H2,1-3H3,(H,22,23). The van der Waals surface area contributed by atoms with Crippen LogP contribution in [0.4, 0.5) is 5.69 Å². The van der Waals surface area contributed by atoms with Crippen LogP contribution < -0.4 is 10.2 Å². The number of nitrogens with one attached hydrogen (secondary N) is 1. The molecule has 1 aromatic heterocycles. The summed E-state index contributed by atoms with van der Waals surface area (Å²) in [6.07, 6.45) is 1.00. The fraction of sp³-hybridized carbons (Fsp3) is 0.524. The Morgan fingerprint density at radius 2 is 1.85 bits per heavy atom. The Labute approximate surface area is 162 Å². The molecule has 0 bridgehead atoms. The van der Waals surface area contributed by atoms with Crippen LogP contribution in [0.15, 0.2) is 41.4 Å². The third-order valence-corrected chi connectivity index (χ3v) is 4.93. The predicted molar refractivity (Wildman–Crippen MR) is 113 cm³/mol. The molecule has 6 heteroatoms. The van der Waals surface area contributed by atoms with E-state index in [-0.39, 0.29) is 0 Å². The third-order valence-electron chi connectivity index (χ3n) is 4.93. The van der Waals surface area contributed by atoms with E-state index in [1.165, 1.54) is 11.4 Å². The van der Waals surface area contributed by atoms with E-state index in [4.69, 9.17) is 4.99 Å². The third kappa shape index (κ3) is 5.25. The van der Waals surface area contributed by atoms with E-state index in [2.05, 4.69) is 75.1 Å². The van der Waals surface area contributed by atoms with Crippen molar-refractivity contribution < 1.29 is 0 Å². The fourth-order valence-electron chi connectivity index (χ4n) is 3.55. The van der Waals surface area contributed by atoms with Gasteiger partial charge in [0.1, 0.15) is 0 Å². The van der Waals surface area contributed by atoms with Gasteiger partial charge in [-0.3, -0.25) is 9.67 Å². The molecule has 1 aliphatic rings. The molecular formula is C21H32N6. The van der Waals surface area contributed by atoms with E-state index in [0.29, 0.717) is 0 Å². The average Bonchev–Trinajstić information content (AvgIpc) is 3.02. The van der Waals surface area contributed by atoms with E-state index < -0.39 is 0 Å². The van der Waals surface area contributed by atoms with Gasteiger partial charge in [0.15, 0.2) is 5.96 Å². The number of para-hydroxylation sites is 1. The smallest absolute Gasteiger partial charge is 0.194 e. The summed E-state index contributed by atoms with van der Waals surface area (Å²) >= 11 is 0. The second-order valence-corrected chi connectivity index (χ2v) is 7.05. The molecule has 1 aromatic carbocycles. The molecule has 1 aliphatic heterocycles. The number of aliphatic imine (C=N–C) groups is 1. The molecule has 0 amide bonds. The second-order valence-electron chi connectivity index (χ2n) is 7.05. The van der Waals surface area contributed by atoms with E-state index in [0.717, 1.165) is 63.9 Å². The predicted octanol–water partition coefficient (Wildman–Crippen LogP) is 2.68. The van der Waals surface area contributed by atoms with Crippen molar-refractivity contribution in [1.82, 2.24) is 20.0 Å². The highest BCUT2D eigenvalue weighted by molar-refractivity contribution is 5.80. The number of guanidine groups is 1. The second kappa shape index (κ2) is 9.44. The Morgan fingerprint density at radius 3 is 2.48 bits per heavy atom. The molecular weight excluding hydrogens is 336 g/mol. The lowest BCUT2D eigenvalue weighted by molar-refractivity contribution is 0.372. The summed E-state index contributed by atoms with van der Waals surface area (Å²) in [5, 5.41) is 7.98. The molecule has 1 fully saturated rings. The van der Waals surface area contributed by atoms with Crippen molar-refractivity contribution in [2.45, 2.75) is 33.7 Å². The van der Waals surface area contributed by atoms with Gasteiger partial charge in [-0.1, -0.05) is 18.2 Å². The van der Waals surface area contributed by atoms with E-state index in [9.17, 15) is 0 Å². The van der Waals surface area contributed by atoms with Crippen molar-refractivity contribution in [3.8, 4) is 0 Å². The number of aromatic nitrogens is 2. The minimum absolute atomic E-state index is 0.819. The molecule has 27 heavy (non-hydrogen) atoms. The van der Waals surface area contributed by atoms with Crippen LogP contribution in [0.25, 0.3) is 0 Å². The molecule has 0 saturated carbocycles. The molecule has 0 aliphatic carbocycles. The van der Waals surface area contributed by atoms with Crippen molar-refractivity contribution in [2.24, 2.45) is 4.99 Å². The van der Waals surface area contributed by atoms with Crippen LogP contribution >= 0.6 is 0 Å². The van der Waals surface area contributed by atoms with Gasteiger partial charge in [0.05, 0.1) is 5.69 Å². The van der Waals surface area contributed by atoms with Gasteiger partial charge in [-0.25, -0.2) is 0 Å². The SMILES string of the molecule is CCNC(=NCCCn1nc(C)cc1C)N1CCN(c2ccccc2)CC1. The fourth-order valence-corrected chi connectivity index (χ4v) is 3.55. The Morgan fingerprint density at radius 1 is 1.11 bits per heavy atom. The van der Waals surface area contributed by atoms with Gasteiger partial charge in [-0.15, -0.1) is 0 Å². The first-order valence-electron chi connectivity index (χ1n) is 10.0. The van der Waals surface area contributed by atoms with Gasteiger partial charge in [0, 0.05) is 57.2 Å². The maximum atomic E-state index is 4.86. The van der Waals surface area contributed by atoms with Crippen molar-refractivity contribution in [1.29, 1.82) is 0 Å². The minimum Gasteiger partial charge on any atom is -0.368 e. The molecule has 0 radical (unpaired) electrons. The summed E-state index contributed by atoms with van der Waals surface area (Å²) in [5.41, 5.74) is 3.62. The number of nitrogens with zero attached hydrogens (tertiary/aromatic N) is 5. The lowest BCUT2D eigenvalue weighted by atomic mass is 10.2. The molecule has 146 valence electrons. The maximum Gasteiger partial charge on any atom is 0.194 e. The topological polar surface area (TPSA) is 48.7 Å². The molecule has 0 spiro atoms. The molecule has 0 atom stereocenters. The van der Waals surface area contributed by atoms with E-state index >= 15 is 0 Å². The van der Waals surface area contributed by atoms with Crippen LogP contribution in [0.5, 0.6) is 0 Å². The summed E-state index contributed by atoms with van der Waals surface area (Å²) in [5.74, 6) is 1.04. The summed E-state index contributed by atoms with van der Waals surface area (Å²) in [6, 6.07) is 12.8. The number of hydrogen-bond donors (Lipinski definition) is 1. The first-order chi connectivity index (χ1) is 13.2. The van der Waals surface area contributed by atoms with Crippen LogP contribution in [0.3, 0.4) is 0 Å². The van der Waals surface area contributed by atoms with Gasteiger partial charge in [-0.05, 0) is 45.4 Å². The number of rotatable bonds is 6. The van der Waals surface area contributed by atoms with Crippen LogP contribution in [0, 0.1) is 13.8 Å². The lowest BCUT2D eigenvalue weighted by Crippen LogP contribution is -2.52. The van der Waals surface area contributed by atoms with Crippen molar-refractivity contribution in [2.75, 3.05) is 44.2 Å². The van der Waals surface area contributed by atoms with Crippen LogP contribution in [0.1, 0.15) is 24.7 Å². The first-order valence-corrected chi connectivity index (χ1v) is 10.0. The molecule has 0 unspecified atom stereocenters. The number of hydrogen-bond acceptors (Lipinski definition) is 3. The minimum atomic E-state index is 0.819. The molecule has 2 aromatic rings. The number of piperazine rings is 1. The van der Waals surface area contributed by atoms with Gasteiger partial charge < -0.3 is 15.1 Å². The normalized spacial score (nSPS) is 15.3. The molecule has 3 rings (SSSR count). The average molecular weight is 369 g/mol. The Bertz CT molecular complexity index is 728. The highest BCUT2D eigenvalue weighted by Crippen LogP contribution is 2.15. The first kappa shape index (κ1) is 19.3. The summed E-state index contributed by atoms with van der Waals surface area (Å²) in [7, 11) is 0. The number of aryl methyl sites for hydroxylation is 3. The van der Waals surface area contributed by atoms with Crippen molar-refractivity contribution in [3.63, 3.8) is 0 Å². The molecule has 6 nitrogen and oxygen atoms in total. The van der Waals surface area contributed by atoms with Gasteiger partial charge in [0.25, 0.3) is 0 Å². The van der Waals surface area contributed by atoms with Gasteiger partial charge in [-0.2, -0.15) is 5.10 Å².